The molecule has 2 aromatic rings. The van der Waals surface area contributed by atoms with Gasteiger partial charge in [-0.25, -0.2) is 4.79 Å². The summed E-state index contributed by atoms with van der Waals surface area (Å²) in [5.41, 5.74) is 13.4. The van der Waals surface area contributed by atoms with Gasteiger partial charge in [0.05, 0.1) is 12.6 Å². The lowest BCUT2D eigenvalue weighted by Gasteiger charge is -2.22. The Hall–Kier alpha value is -3.09. The lowest BCUT2D eigenvalue weighted by molar-refractivity contribution is -0.142. The number of carbonyl (C=O) groups excluding carboxylic acids is 3. The van der Waals surface area contributed by atoms with E-state index in [1.807, 2.05) is 30.5 Å². The fourth-order valence-electron chi connectivity index (χ4n) is 3.70. The zero-order valence-corrected chi connectivity index (χ0v) is 21.2. The van der Waals surface area contributed by atoms with E-state index in [1.165, 1.54) is 11.8 Å². The molecule has 11 nitrogen and oxygen atoms in total. The lowest BCUT2D eigenvalue weighted by atomic mass is 10.1. The first-order valence-corrected chi connectivity index (χ1v) is 13.3. The predicted molar refractivity (Wildman–Crippen MR) is 140 cm³/mol. The van der Waals surface area contributed by atoms with Gasteiger partial charge in [0.25, 0.3) is 0 Å². The van der Waals surface area contributed by atoms with E-state index >= 15 is 0 Å². The molecule has 3 atom stereocenters. The third-order valence-corrected chi connectivity index (χ3v) is 6.34. The van der Waals surface area contributed by atoms with E-state index in [9.17, 15) is 24.3 Å². The standard InChI is InChI=1S/C24H36N6O5S/c1-36-11-9-20(24(34)35)30-23(33)19(8-4-5-10-25)29-21(31)14-28-22(32)17(26)12-15-13-27-18-7-3-2-6-16(15)18/h2-3,6-7,13,17,19-20,27H,4-5,8-12,14,25-26H2,1H3,(H,28,32)(H,29,31)(H,30,33)(H,34,35). The first-order chi connectivity index (χ1) is 17.3. The van der Waals surface area contributed by atoms with E-state index in [0.717, 1.165) is 16.5 Å². The lowest BCUT2D eigenvalue weighted by Crippen LogP contribution is -2.54. The second kappa shape index (κ2) is 15.1. The Balaban J connectivity index is 1.91. The quantitative estimate of drug-likeness (QED) is 0.151. The smallest absolute Gasteiger partial charge is 0.326 e. The molecule has 0 aliphatic heterocycles. The molecule has 36 heavy (non-hydrogen) atoms. The fraction of sp³-hybridized carbons (Fsp3) is 0.500. The number of unbranched alkanes of at least 4 members (excludes halogenated alkanes) is 1. The van der Waals surface area contributed by atoms with Crippen molar-refractivity contribution in [2.24, 2.45) is 11.5 Å². The number of para-hydroxylation sites is 1. The highest BCUT2D eigenvalue weighted by atomic mass is 32.2. The first-order valence-electron chi connectivity index (χ1n) is 11.9. The summed E-state index contributed by atoms with van der Waals surface area (Å²) in [5, 5.41) is 18.0. The summed E-state index contributed by atoms with van der Waals surface area (Å²) < 4.78 is 0. The van der Waals surface area contributed by atoms with Crippen molar-refractivity contribution in [3.63, 3.8) is 0 Å². The number of nitrogens with one attached hydrogen (secondary N) is 4. The number of carboxylic acids is 1. The first kappa shape index (κ1) is 29.1. The van der Waals surface area contributed by atoms with Gasteiger partial charge < -0.3 is 37.5 Å². The molecular formula is C24H36N6O5S. The summed E-state index contributed by atoms with van der Waals surface area (Å²) in [5.74, 6) is -2.24. The van der Waals surface area contributed by atoms with Gasteiger partial charge in [-0.15, -0.1) is 0 Å². The Kier molecular flexibility index (Phi) is 12.2. The third-order valence-electron chi connectivity index (χ3n) is 5.70. The minimum absolute atomic E-state index is 0.260. The van der Waals surface area contributed by atoms with Gasteiger partial charge in [0.1, 0.15) is 12.1 Å². The van der Waals surface area contributed by atoms with Crippen LogP contribution in [0.5, 0.6) is 0 Å². The average molecular weight is 521 g/mol. The summed E-state index contributed by atoms with van der Waals surface area (Å²) in [6.07, 6.45) is 5.70. The molecule has 3 unspecified atom stereocenters. The number of aromatic nitrogens is 1. The van der Waals surface area contributed by atoms with Crippen LogP contribution >= 0.6 is 11.8 Å². The van der Waals surface area contributed by atoms with Gasteiger partial charge in [0, 0.05) is 17.1 Å². The molecule has 0 aliphatic carbocycles. The van der Waals surface area contributed by atoms with Crippen LogP contribution < -0.4 is 27.4 Å². The van der Waals surface area contributed by atoms with Crippen LogP contribution in [-0.2, 0) is 25.6 Å². The number of hydrogen-bond acceptors (Lipinski definition) is 7. The van der Waals surface area contributed by atoms with Gasteiger partial charge in [0.2, 0.25) is 17.7 Å². The monoisotopic (exact) mass is 520 g/mol. The Morgan fingerprint density at radius 2 is 1.81 bits per heavy atom. The van der Waals surface area contributed by atoms with E-state index < -0.39 is 41.8 Å². The molecule has 3 amide bonds. The third kappa shape index (κ3) is 9.17. The average Bonchev–Trinajstić information content (AvgIpc) is 3.26. The van der Waals surface area contributed by atoms with E-state index in [1.54, 1.807) is 6.20 Å². The molecule has 0 radical (unpaired) electrons. The van der Waals surface area contributed by atoms with Gasteiger partial charge in [-0.05, 0) is 62.3 Å². The van der Waals surface area contributed by atoms with E-state index in [0.29, 0.717) is 25.1 Å². The van der Waals surface area contributed by atoms with Crippen LogP contribution in [0.25, 0.3) is 10.9 Å². The Bertz CT molecular complexity index is 1030. The van der Waals surface area contributed by atoms with E-state index in [4.69, 9.17) is 11.5 Å². The molecule has 2 rings (SSSR count). The topological polar surface area (TPSA) is 192 Å². The molecule has 0 aliphatic rings. The summed E-state index contributed by atoms with van der Waals surface area (Å²) in [6.45, 7) is 0.0635. The fourth-order valence-corrected chi connectivity index (χ4v) is 4.17. The van der Waals surface area contributed by atoms with Crippen LogP contribution in [0, 0.1) is 0 Å². The molecule has 9 N–H and O–H groups in total. The molecule has 12 heteroatoms. The second-order valence-corrected chi connectivity index (χ2v) is 9.46. The van der Waals surface area contributed by atoms with Crippen LogP contribution in [0.4, 0.5) is 0 Å². The summed E-state index contributed by atoms with van der Waals surface area (Å²) in [4.78, 5) is 52.3. The molecule has 0 spiro atoms. The molecular weight excluding hydrogens is 484 g/mol. The largest absolute Gasteiger partial charge is 0.480 e. The number of nitrogens with two attached hydrogens (primary N) is 2. The summed E-state index contributed by atoms with van der Waals surface area (Å²) in [6, 6.07) is 4.80. The van der Waals surface area contributed by atoms with Crippen molar-refractivity contribution in [3.8, 4) is 0 Å². The maximum atomic E-state index is 12.7. The van der Waals surface area contributed by atoms with Crippen molar-refractivity contribution in [1.82, 2.24) is 20.9 Å². The molecule has 1 aromatic carbocycles. The number of hydrogen-bond donors (Lipinski definition) is 7. The normalized spacial score (nSPS) is 13.5. The minimum Gasteiger partial charge on any atom is -0.480 e. The summed E-state index contributed by atoms with van der Waals surface area (Å²) in [7, 11) is 0. The van der Waals surface area contributed by atoms with Crippen LogP contribution in [0.1, 0.15) is 31.2 Å². The molecule has 1 heterocycles. The van der Waals surface area contributed by atoms with Crippen LogP contribution in [-0.4, -0.2) is 77.0 Å². The minimum atomic E-state index is -1.14. The van der Waals surface area contributed by atoms with E-state index in [2.05, 4.69) is 20.9 Å². The number of benzene rings is 1. The Morgan fingerprint density at radius 1 is 1.06 bits per heavy atom. The highest BCUT2D eigenvalue weighted by Crippen LogP contribution is 2.18. The maximum absolute atomic E-state index is 12.7. The highest BCUT2D eigenvalue weighted by molar-refractivity contribution is 7.98. The van der Waals surface area contributed by atoms with Gasteiger partial charge in [-0.1, -0.05) is 18.2 Å². The number of aromatic amines is 1. The number of aliphatic carboxylic acids is 1. The maximum Gasteiger partial charge on any atom is 0.326 e. The number of thioether (sulfide) groups is 1. The SMILES string of the molecule is CSCCC(NC(=O)C(CCCCN)NC(=O)CNC(=O)C(N)Cc1c[nH]c2ccccc12)C(=O)O. The van der Waals surface area contributed by atoms with Crippen LogP contribution in [0.15, 0.2) is 30.5 Å². The van der Waals surface area contributed by atoms with Gasteiger partial charge in [-0.2, -0.15) is 11.8 Å². The van der Waals surface area contributed by atoms with Gasteiger partial charge >= 0.3 is 5.97 Å². The van der Waals surface area contributed by atoms with Crippen molar-refractivity contribution >= 4 is 46.4 Å². The summed E-state index contributed by atoms with van der Waals surface area (Å²) >= 11 is 1.47. The molecule has 1 aromatic heterocycles. The number of fused-ring (bicyclic) bond motifs is 1. The Labute approximate surface area is 214 Å². The number of carbonyl (C=O) groups is 4. The zero-order valence-electron chi connectivity index (χ0n) is 20.4. The predicted octanol–water partition coefficient (Wildman–Crippen LogP) is 0.0902. The van der Waals surface area contributed by atoms with Crippen molar-refractivity contribution in [2.45, 2.75) is 50.2 Å². The van der Waals surface area contributed by atoms with Crippen molar-refractivity contribution < 1.29 is 24.3 Å². The Morgan fingerprint density at radius 3 is 2.50 bits per heavy atom. The molecule has 0 fully saturated rings. The molecule has 0 bridgehead atoms. The zero-order chi connectivity index (χ0) is 26.5. The molecule has 198 valence electrons. The van der Waals surface area contributed by atoms with Crippen LogP contribution in [0.2, 0.25) is 0 Å². The van der Waals surface area contributed by atoms with E-state index in [-0.39, 0.29) is 25.8 Å². The number of carboxylic acid groups (broad SMARTS) is 1. The second-order valence-electron chi connectivity index (χ2n) is 8.47. The molecule has 0 saturated carbocycles. The number of rotatable bonds is 16. The van der Waals surface area contributed by atoms with Crippen molar-refractivity contribution in [1.29, 1.82) is 0 Å². The van der Waals surface area contributed by atoms with Crippen molar-refractivity contribution in [3.05, 3.63) is 36.0 Å². The highest BCUT2D eigenvalue weighted by Gasteiger charge is 2.26. The number of H-pyrrole nitrogens is 1. The van der Waals surface area contributed by atoms with Crippen LogP contribution in [0.3, 0.4) is 0 Å². The number of amides is 3. The van der Waals surface area contributed by atoms with Gasteiger partial charge in [-0.3, -0.25) is 14.4 Å². The van der Waals surface area contributed by atoms with Crippen molar-refractivity contribution in [2.75, 3.05) is 25.1 Å². The molecule has 0 saturated heterocycles. The van der Waals surface area contributed by atoms with Gasteiger partial charge in [0.15, 0.2) is 0 Å².